The Balaban J connectivity index is 2.25. The minimum Gasteiger partial charge on any atom is -0.278 e. The fourth-order valence-electron chi connectivity index (χ4n) is 1.50. The molecule has 2 rings (SSSR count). The van der Waals surface area contributed by atoms with Gasteiger partial charge in [-0.05, 0) is 18.6 Å². The lowest BCUT2D eigenvalue weighted by Crippen LogP contribution is -2.50. The third kappa shape index (κ3) is 2.71. The van der Waals surface area contributed by atoms with E-state index in [1.807, 2.05) is 13.0 Å². The molecule has 0 aromatic carbocycles. The van der Waals surface area contributed by atoms with E-state index in [9.17, 15) is 9.59 Å². The van der Waals surface area contributed by atoms with Crippen LogP contribution in [0.1, 0.15) is 22.8 Å². The summed E-state index contributed by atoms with van der Waals surface area (Å²) in [5.41, 5.74) is 1.00. The second-order valence-electron chi connectivity index (χ2n) is 3.72. The Hall–Kier alpha value is -1.25. The molecule has 1 atom stereocenters. The SMILES string of the molecule is CC(I)c1cnnc(N2CCC(=O)NC2=O)c1. The lowest BCUT2D eigenvalue weighted by Gasteiger charge is -2.25. The number of nitrogens with zero attached hydrogens (tertiary/aromatic N) is 3. The summed E-state index contributed by atoms with van der Waals surface area (Å²) in [5, 5.41) is 10.0. The second-order valence-corrected chi connectivity index (χ2v) is 5.59. The Bertz CT molecular complexity index is 463. The first-order valence-electron chi connectivity index (χ1n) is 5.16. The molecule has 1 aliphatic rings. The van der Waals surface area contributed by atoms with Gasteiger partial charge in [-0.2, -0.15) is 5.10 Å². The Kier molecular flexibility index (Phi) is 3.55. The zero-order valence-electron chi connectivity index (χ0n) is 9.18. The van der Waals surface area contributed by atoms with E-state index in [0.29, 0.717) is 12.4 Å². The maximum absolute atomic E-state index is 11.6. The Morgan fingerprint density at radius 1 is 1.53 bits per heavy atom. The molecule has 1 aromatic heterocycles. The van der Waals surface area contributed by atoms with Gasteiger partial charge in [-0.3, -0.25) is 15.0 Å². The van der Waals surface area contributed by atoms with Crippen LogP contribution in [0.5, 0.6) is 0 Å². The van der Waals surface area contributed by atoms with Gasteiger partial charge in [0.1, 0.15) is 0 Å². The maximum atomic E-state index is 11.6. The van der Waals surface area contributed by atoms with E-state index in [1.165, 1.54) is 4.90 Å². The van der Waals surface area contributed by atoms with E-state index in [-0.39, 0.29) is 16.3 Å². The molecule has 1 aliphatic heterocycles. The summed E-state index contributed by atoms with van der Waals surface area (Å²) in [4.78, 5) is 24.1. The molecule has 7 heteroatoms. The summed E-state index contributed by atoms with van der Waals surface area (Å²) < 4.78 is 0.288. The lowest BCUT2D eigenvalue weighted by atomic mass is 10.2. The van der Waals surface area contributed by atoms with E-state index in [2.05, 4.69) is 38.1 Å². The van der Waals surface area contributed by atoms with E-state index >= 15 is 0 Å². The van der Waals surface area contributed by atoms with Gasteiger partial charge in [0.15, 0.2) is 5.82 Å². The molecule has 1 saturated heterocycles. The highest BCUT2D eigenvalue weighted by atomic mass is 127. The van der Waals surface area contributed by atoms with Crippen LogP contribution >= 0.6 is 22.6 Å². The third-order valence-electron chi connectivity index (χ3n) is 2.45. The monoisotopic (exact) mass is 346 g/mol. The molecular formula is C10H11IN4O2. The van der Waals surface area contributed by atoms with Gasteiger partial charge in [0.05, 0.1) is 6.20 Å². The Labute approximate surface area is 112 Å². The van der Waals surface area contributed by atoms with Crippen molar-refractivity contribution in [1.82, 2.24) is 15.5 Å². The molecule has 0 saturated carbocycles. The lowest BCUT2D eigenvalue weighted by molar-refractivity contribution is -0.120. The van der Waals surface area contributed by atoms with Crippen molar-refractivity contribution in [2.45, 2.75) is 17.3 Å². The quantitative estimate of drug-likeness (QED) is 0.649. The van der Waals surface area contributed by atoms with Gasteiger partial charge in [-0.1, -0.05) is 22.6 Å². The number of alkyl halides is 1. The molecule has 90 valence electrons. The zero-order chi connectivity index (χ0) is 12.4. The van der Waals surface area contributed by atoms with Crippen LogP contribution in [0.25, 0.3) is 0 Å². The van der Waals surface area contributed by atoms with Crippen LogP contribution in [0, 0.1) is 0 Å². The molecule has 3 amide bonds. The van der Waals surface area contributed by atoms with E-state index in [4.69, 9.17) is 0 Å². The van der Waals surface area contributed by atoms with Crippen LogP contribution in [-0.4, -0.2) is 28.7 Å². The molecular weight excluding hydrogens is 335 g/mol. The highest BCUT2D eigenvalue weighted by Crippen LogP contribution is 2.24. The van der Waals surface area contributed by atoms with Crippen molar-refractivity contribution in [3.63, 3.8) is 0 Å². The number of carbonyl (C=O) groups is 2. The summed E-state index contributed by atoms with van der Waals surface area (Å²) >= 11 is 2.26. The van der Waals surface area contributed by atoms with Gasteiger partial charge in [-0.25, -0.2) is 4.79 Å². The van der Waals surface area contributed by atoms with Crippen molar-refractivity contribution in [3.05, 3.63) is 17.8 Å². The number of aromatic nitrogens is 2. The van der Waals surface area contributed by atoms with Gasteiger partial charge >= 0.3 is 6.03 Å². The third-order valence-corrected chi connectivity index (χ3v) is 3.17. The number of rotatable bonds is 2. The first kappa shape index (κ1) is 12.2. The maximum Gasteiger partial charge on any atom is 0.329 e. The number of urea groups is 1. The van der Waals surface area contributed by atoms with Crippen molar-refractivity contribution in [2.24, 2.45) is 0 Å². The first-order chi connectivity index (χ1) is 8.08. The molecule has 17 heavy (non-hydrogen) atoms. The number of nitrogens with one attached hydrogen (secondary N) is 1. The number of halogens is 1. The summed E-state index contributed by atoms with van der Waals surface area (Å²) in [6.07, 6.45) is 1.96. The summed E-state index contributed by atoms with van der Waals surface area (Å²) in [7, 11) is 0. The fourth-order valence-corrected chi connectivity index (χ4v) is 1.84. The largest absolute Gasteiger partial charge is 0.329 e. The minimum atomic E-state index is -0.436. The predicted molar refractivity (Wildman–Crippen MR) is 70.0 cm³/mol. The number of imide groups is 1. The molecule has 1 aromatic rings. The predicted octanol–water partition coefficient (Wildman–Crippen LogP) is 1.42. The summed E-state index contributed by atoms with van der Waals surface area (Å²) in [6, 6.07) is 1.38. The van der Waals surface area contributed by atoms with Crippen LogP contribution < -0.4 is 10.2 Å². The fraction of sp³-hybridized carbons (Fsp3) is 0.400. The average Bonchev–Trinajstić information content (AvgIpc) is 2.29. The summed E-state index contributed by atoms with van der Waals surface area (Å²) in [6.45, 7) is 2.37. The molecule has 0 bridgehead atoms. The van der Waals surface area contributed by atoms with Crippen molar-refractivity contribution >= 4 is 40.3 Å². The highest BCUT2D eigenvalue weighted by molar-refractivity contribution is 14.1. The Morgan fingerprint density at radius 2 is 2.29 bits per heavy atom. The number of anilines is 1. The number of carbonyl (C=O) groups excluding carboxylic acids is 2. The topological polar surface area (TPSA) is 75.2 Å². The number of hydrogen-bond donors (Lipinski definition) is 1. The van der Waals surface area contributed by atoms with Gasteiger partial charge in [-0.15, -0.1) is 5.10 Å². The first-order valence-corrected chi connectivity index (χ1v) is 6.40. The van der Waals surface area contributed by atoms with Crippen molar-refractivity contribution in [2.75, 3.05) is 11.4 Å². The van der Waals surface area contributed by atoms with Gasteiger partial charge in [0.25, 0.3) is 0 Å². The van der Waals surface area contributed by atoms with Crippen molar-refractivity contribution < 1.29 is 9.59 Å². The smallest absolute Gasteiger partial charge is 0.278 e. The van der Waals surface area contributed by atoms with Crippen LogP contribution in [0.15, 0.2) is 12.3 Å². The van der Waals surface area contributed by atoms with Gasteiger partial charge < -0.3 is 0 Å². The molecule has 1 fully saturated rings. The van der Waals surface area contributed by atoms with E-state index in [1.54, 1.807) is 6.20 Å². The van der Waals surface area contributed by atoms with E-state index < -0.39 is 6.03 Å². The van der Waals surface area contributed by atoms with Gasteiger partial charge in [0.2, 0.25) is 5.91 Å². The second kappa shape index (κ2) is 4.94. The average molecular weight is 346 g/mol. The van der Waals surface area contributed by atoms with Crippen LogP contribution in [-0.2, 0) is 4.79 Å². The van der Waals surface area contributed by atoms with Crippen LogP contribution in [0.3, 0.4) is 0 Å². The standard InChI is InChI=1S/C10H11IN4O2/c1-6(11)7-4-8(14-12-5-7)15-3-2-9(16)13-10(15)17/h4-6H,2-3H2,1H3,(H,13,16,17). The number of hydrogen-bond acceptors (Lipinski definition) is 4. The molecule has 2 heterocycles. The number of amides is 3. The molecule has 1 N–H and O–H groups in total. The van der Waals surface area contributed by atoms with Crippen LogP contribution in [0.4, 0.5) is 10.6 Å². The highest BCUT2D eigenvalue weighted by Gasteiger charge is 2.25. The van der Waals surface area contributed by atoms with Crippen molar-refractivity contribution in [3.8, 4) is 0 Å². The minimum absolute atomic E-state index is 0.252. The molecule has 0 aliphatic carbocycles. The van der Waals surface area contributed by atoms with E-state index in [0.717, 1.165) is 5.56 Å². The molecule has 1 unspecified atom stereocenters. The summed E-state index contributed by atoms with van der Waals surface area (Å²) in [5.74, 6) is 0.230. The Morgan fingerprint density at radius 3 is 2.94 bits per heavy atom. The molecule has 0 radical (unpaired) electrons. The van der Waals surface area contributed by atoms with Crippen LogP contribution in [0.2, 0.25) is 0 Å². The van der Waals surface area contributed by atoms with Crippen molar-refractivity contribution in [1.29, 1.82) is 0 Å². The molecule has 0 spiro atoms. The molecule has 6 nitrogen and oxygen atoms in total. The van der Waals surface area contributed by atoms with Gasteiger partial charge in [0, 0.05) is 16.9 Å². The zero-order valence-corrected chi connectivity index (χ0v) is 11.3. The normalized spacial score (nSPS) is 17.9.